The van der Waals surface area contributed by atoms with E-state index in [1.165, 1.54) is 31.0 Å². The summed E-state index contributed by atoms with van der Waals surface area (Å²) >= 11 is 3.29. The molecule has 1 aromatic heterocycles. The number of benzene rings is 2. The van der Waals surface area contributed by atoms with Gasteiger partial charge in [-0.2, -0.15) is 5.10 Å². The van der Waals surface area contributed by atoms with Gasteiger partial charge in [0.05, 0.1) is 19.9 Å². The monoisotopic (exact) mass is 446 g/mol. The summed E-state index contributed by atoms with van der Waals surface area (Å²) in [7, 11) is 2.40. The Morgan fingerprint density at radius 2 is 1.75 bits per heavy atom. The van der Waals surface area contributed by atoms with Gasteiger partial charge in [-0.15, -0.1) is 0 Å². The first kappa shape index (κ1) is 19.8. The molecule has 0 bridgehead atoms. The number of rotatable bonds is 5. The van der Waals surface area contributed by atoms with Crippen LogP contribution in [0.25, 0.3) is 16.9 Å². The van der Waals surface area contributed by atoms with Crippen molar-refractivity contribution in [1.29, 1.82) is 0 Å². The highest BCUT2D eigenvalue weighted by Gasteiger charge is 2.31. The van der Waals surface area contributed by atoms with Crippen molar-refractivity contribution < 1.29 is 23.5 Å². The van der Waals surface area contributed by atoms with Gasteiger partial charge in [-0.05, 0) is 35.9 Å². The van der Waals surface area contributed by atoms with Crippen molar-refractivity contribution in [3.8, 4) is 16.9 Å². The summed E-state index contributed by atoms with van der Waals surface area (Å²) in [6.07, 6.45) is 0. The Balaban J connectivity index is 2.37. The second-order valence-electron chi connectivity index (χ2n) is 5.78. The third-order valence-electron chi connectivity index (χ3n) is 4.04. The van der Waals surface area contributed by atoms with Gasteiger partial charge >= 0.3 is 11.9 Å². The van der Waals surface area contributed by atoms with Crippen molar-refractivity contribution in [2.75, 3.05) is 14.2 Å². The third kappa shape index (κ3) is 3.68. The molecule has 144 valence electrons. The summed E-state index contributed by atoms with van der Waals surface area (Å²) in [5, 5.41) is 4.85. The molecule has 0 saturated carbocycles. The lowest BCUT2D eigenvalue weighted by atomic mass is 10.0. The van der Waals surface area contributed by atoms with E-state index in [2.05, 4.69) is 21.0 Å². The number of methoxy groups -OCH3 is 2. The van der Waals surface area contributed by atoms with Crippen molar-refractivity contribution in [1.82, 2.24) is 9.78 Å². The van der Waals surface area contributed by atoms with Gasteiger partial charge in [0.2, 0.25) is 0 Å². The molecular formula is C20H16BrFN2O4. The highest BCUT2D eigenvalue weighted by Crippen LogP contribution is 2.30. The zero-order valence-corrected chi connectivity index (χ0v) is 16.7. The first-order valence-corrected chi connectivity index (χ1v) is 9.33. The van der Waals surface area contributed by atoms with Crippen LogP contribution in [0.15, 0.2) is 48.5 Å². The number of para-hydroxylation sites is 1. The number of esters is 2. The molecule has 8 heteroatoms. The van der Waals surface area contributed by atoms with Crippen molar-refractivity contribution in [2.24, 2.45) is 0 Å². The number of aromatic nitrogens is 2. The molecule has 0 aliphatic heterocycles. The molecule has 3 rings (SSSR count). The fourth-order valence-corrected chi connectivity index (χ4v) is 3.14. The average molecular weight is 447 g/mol. The topological polar surface area (TPSA) is 70.4 Å². The largest absolute Gasteiger partial charge is 0.465 e. The predicted octanol–water partition coefficient (Wildman–Crippen LogP) is 4.15. The van der Waals surface area contributed by atoms with Gasteiger partial charge in [0.15, 0.2) is 5.69 Å². The maximum Gasteiger partial charge on any atom is 0.357 e. The number of nitrogens with zero attached hydrogens (tertiary/aromatic N) is 2. The molecular weight excluding hydrogens is 431 g/mol. The summed E-state index contributed by atoms with van der Waals surface area (Å²) in [5.74, 6) is -2.03. The van der Waals surface area contributed by atoms with Crippen molar-refractivity contribution in [3.63, 3.8) is 0 Å². The molecule has 2 aromatic carbocycles. The molecule has 0 spiro atoms. The summed E-state index contributed by atoms with van der Waals surface area (Å²) in [5.41, 5.74) is 1.47. The maximum absolute atomic E-state index is 14.1. The van der Waals surface area contributed by atoms with Crippen molar-refractivity contribution >= 4 is 27.9 Å². The van der Waals surface area contributed by atoms with Crippen LogP contribution in [-0.4, -0.2) is 35.9 Å². The SMILES string of the molecule is COC(=O)c1c(-c2cc(F)cc(CBr)c2)nn(-c2ccccc2)c1C(=O)OC. The van der Waals surface area contributed by atoms with Crippen LogP contribution in [0.5, 0.6) is 0 Å². The third-order valence-corrected chi connectivity index (χ3v) is 4.69. The zero-order valence-electron chi connectivity index (χ0n) is 15.1. The van der Waals surface area contributed by atoms with Crippen LogP contribution in [0.4, 0.5) is 4.39 Å². The Morgan fingerprint density at radius 1 is 1.07 bits per heavy atom. The van der Waals surface area contributed by atoms with Gasteiger partial charge in [0, 0.05) is 10.9 Å². The molecule has 0 radical (unpaired) electrons. The van der Waals surface area contributed by atoms with Gasteiger partial charge in [0.1, 0.15) is 17.1 Å². The summed E-state index contributed by atoms with van der Waals surface area (Å²) in [4.78, 5) is 25.1. The molecule has 28 heavy (non-hydrogen) atoms. The Hall–Kier alpha value is -3.00. The Bertz CT molecular complexity index is 1030. The van der Waals surface area contributed by atoms with E-state index in [9.17, 15) is 14.0 Å². The van der Waals surface area contributed by atoms with Crippen molar-refractivity contribution in [2.45, 2.75) is 5.33 Å². The maximum atomic E-state index is 14.1. The van der Waals surface area contributed by atoms with Gasteiger partial charge in [-0.1, -0.05) is 34.1 Å². The molecule has 6 nitrogen and oxygen atoms in total. The molecule has 0 fully saturated rings. The van der Waals surface area contributed by atoms with Crippen LogP contribution >= 0.6 is 15.9 Å². The van der Waals surface area contributed by atoms with E-state index in [4.69, 9.17) is 9.47 Å². The van der Waals surface area contributed by atoms with Gasteiger partial charge < -0.3 is 9.47 Å². The van der Waals surface area contributed by atoms with E-state index >= 15 is 0 Å². The number of alkyl halides is 1. The van der Waals surface area contributed by atoms with Crippen LogP contribution in [-0.2, 0) is 14.8 Å². The number of halogens is 2. The van der Waals surface area contributed by atoms with Crippen LogP contribution < -0.4 is 0 Å². The normalized spacial score (nSPS) is 10.6. The fraction of sp³-hybridized carbons (Fsp3) is 0.150. The van der Waals surface area contributed by atoms with Crippen LogP contribution in [0.1, 0.15) is 26.4 Å². The smallest absolute Gasteiger partial charge is 0.357 e. The molecule has 0 aliphatic rings. The van der Waals surface area contributed by atoms with E-state index in [-0.39, 0.29) is 17.0 Å². The molecule has 0 unspecified atom stereocenters. The number of ether oxygens (including phenoxy) is 2. The minimum atomic E-state index is -0.776. The molecule has 0 atom stereocenters. The summed E-state index contributed by atoms with van der Waals surface area (Å²) < 4.78 is 25.1. The second kappa shape index (κ2) is 8.35. The molecule has 0 aliphatic carbocycles. The number of carbonyl (C=O) groups excluding carboxylic acids is 2. The molecule has 1 heterocycles. The highest BCUT2D eigenvalue weighted by molar-refractivity contribution is 9.08. The minimum Gasteiger partial charge on any atom is -0.465 e. The van der Waals surface area contributed by atoms with E-state index in [1.54, 1.807) is 30.3 Å². The van der Waals surface area contributed by atoms with Crippen LogP contribution in [0.2, 0.25) is 0 Å². The molecule has 0 amide bonds. The van der Waals surface area contributed by atoms with Crippen LogP contribution in [0, 0.1) is 5.82 Å². The Kier molecular flexibility index (Phi) is 5.89. The van der Waals surface area contributed by atoms with Crippen molar-refractivity contribution in [3.05, 3.63) is 71.2 Å². The number of hydrogen-bond acceptors (Lipinski definition) is 5. The lowest BCUT2D eigenvalue weighted by Crippen LogP contribution is -2.15. The predicted molar refractivity (Wildman–Crippen MR) is 104 cm³/mol. The first-order valence-electron chi connectivity index (χ1n) is 8.21. The van der Waals surface area contributed by atoms with Gasteiger partial charge in [0.25, 0.3) is 0 Å². The average Bonchev–Trinajstić information content (AvgIpc) is 3.13. The van der Waals surface area contributed by atoms with E-state index in [0.29, 0.717) is 22.1 Å². The zero-order chi connectivity index (χ0) is 20.3. The number of hydrogen-bond donors (Lipinski definition) is 0. The molecule has 0 saturated heterocycles. The fourth-order valence-electron chi connectivity index (χ4n) is 2.82. The van der Waals surface area contributed by atoms with Crippen LogP contribution in [0.3, 0.4) is 0 Å². The Morgan fingerprint density at radius 3 is 2.36 bits per heavy atom. The Labute approximate surface area is 169 Å². The van der Waals surface area contributed by atoms with E-state index in [0.717, 1.165) is 0 Å². The highest BCUT2D eigenvalue weighted by atomic mass is 79.9. The van der Waals surface area contributed by atoms with Gasteiger partial charge in [-0.25, -0.2) is 18.7 Å². The van der Waals surface area contributed by atoms with Gasteiger partial charge in [-0.3, -0.25) is 0 Å². The lowest BCUT2D eigenvalue weighted by molar-refractivity contribution is 0.0549. The number of carbonyl (C=O) groups is 2. The summed E-state index contributed by atoms with van der Waals surface area (Å²) in [6.45, 7) is 0. The second-order valence-corrected chi connectivity index (χ2v) is 6.35. The van der Waals surface area contributed by atoms with E-state index < -0.39 is 17.8 Å². The standard InChI is InChI=1S/C20H16BrFN2O4/c1-27-19(25)16-17(13-8-12(11-21)9-14(22)10-13)23-24(18(16)20(26)28-2)15-6-4-3-5-7-15/h3-10H,11H2,1-2H3. The first-order chi connectivity index (χ1) is 13.5. The minimum absolute atomic E-state index is 0.0932. The quantitative estimate of drug-likeness (QED) is 0.434. The van der Waals surface area contributed by atoms with E-state index in [1.807, 2.05) is 6.07 Å². The molecule has 3 aromatic rings. The molecule has 0 N–H and O–H groups in total. The summed E-state index contributed by atoms with van der Waals surface area (Å²) in [6, 6.07) is 13.1. The lowest BCUT2D eigenvalue weighted by Gasteiger charge is -2.07.